The molecule has 2 aromatic rings. The summed E-state index contributed by atoms with van der Waals surface area (Å²) in [5.41, 5.74) is 0.737. The van der Waals surface area contributed by atoms with Gasteiger partial charge in [-0.05, 0) is 55.2 Å². The van der Waals surface area contributed by atoms with E-state index in [0.29, 0.717) is 24.1 Å². The van der Waals surface area contributed by atoms with E-state index in [9.17, 15) is 9.90 Å². The first-order valence-electron chi connectivity index (χ1n) is 9.28. The van der Waals surface area contributed by atoms with Crippen molar-refractivity contribution in [3.8, 4) is 0 Å². The lowest BCUT2D eigenvalue weighted by Gasteiger charge is -2.35. The standard InChI is InChI=1S/C20H24N4O2S/c1-27-16-4-2-13(3-5-16)20(26)24-11-14-8-17(18(25)9-15(14)12-24)23-19-10-21-6-7-22-19/h2-7,10,14-15,17-18,25H,8-9,11-12H2,1H3,(H,22,23)/t14-,15+,17-,18-/m1/s1. The first-order chi connectivity index (χ1) is 13.1. The summed E-state index contributed by atoms with van der Waals surface area (Å²) in [6.07, 6.45) is 8.06. The van der Waals surface area contributed by atoms with Gasteiger partial charge in [-0.25, -0.2) is 4.98 Å². The minimum absolute atomic E-state index is 0.0566. The Balaban J connectivity index is 1.41. The highest BCUT2D eigenvalue weighted by Crippen LogP contribution is 2.38. The van der Waals surface area contributed by atoms with Gasteiger partial charge >= 0.3 is 0 Å². The van der Waals surface area contributed by atoms with Crippen LogP contribution in [0.1, 0.15) is 23.2 Å². The Morgan fingerprint density at radius 1 is 1.19 bits per heavy atom. The Kier molecular flexibility index (Phi) is 5.31. The quantitative estimate of drug-likeness (QED) is 0.789. The lowest BCUT2D eigenvalue weighted by molar-refractivity contribution is 0.0727. The first-order valence-corrected chi connectivity index (χ1v) is 10.5. The second-order valence-electron chi connectivity index (χ2n) is 7.34. The number of hydrogen-bond acceptors (Lipinski definition) is 6. The number of nitrogens with zero attached hydrogens (tertiary/aromatic N) is 3. The number of aromatic nitrogens is 2. The Bertz CT molecular complexity index is 786. The molecule has 2 heterocycles. The Hall–Kier alpha value is -2.12. The van der Waals surface area contributed by atoms with Crippen molar-refractivity contribution in [1.29, 1.82) is 0 Å². The van der Waals surface area contributed by atoms with Crippen molar-refractivity contribution >= 4 is 23.5 Å². The molecule has 4 rings (SSSR count). The zero-order chi connectivity index (χ0) is 18.8. The fourth-order valence-electron chi connectivity index (χ4n) is 4.23. The molecule has 4 atom stereocenters. The fraction of sp³-hybridized carbons (Fsp3) is 0.450. The van der Waals surface area contributed by atoms with Crippen LogP contribution in [0.4, 0.5) is 5.82 Å². The first kappa shape index (κ1) is 18.3. The average Bonchev–Trinajstić information content (AvgIpc) is 3.11. The van der Waals surface area contributed by atoms with Gasteiger partial charge in [-0.2, -0.15) is 0 Å². The molecule has 6 nitrogen and oxygen atoms in total. The zero-order valence-electron chi connectivity index (χ0n) is 15.3. The molecule has 1 aliphatic heterocycles. The molecule has 1 aromatic carbocycles. The maximum absolute atomic E-state index is 12.9. The summed E-state index contributed by atoms with van der Waals surface area (Å²) in [6, 6.07) is 7.74. The number of thioether (sulfide) groups is 1. The smallest absolute Gasteiger partial charge is 0.253 e. The number of amides is 1. The number of aliphatic hydroxyl groups is 1. The number of carbonyl (C=O) groups excluding carboxylic acids is 1. The van der Waals surface area contributed by atoms with Crippen LogP contribution in [0.25, 0.3) is 0 Å². The van der Waals surface area contributed by atoms with Crippen molar-refractivity contribution in [3.63, 3.8) is 0 Å². The van der Waals surface area contributed by atoms with Crippen LogP contribution in [0.15, 0.2) is 47.8 Å². The molecule has 0 unspecified atom stereocenters. The van der Waals surface area contributed by atoms with Gasteiger partial charge in [0.05, 0.1) is 18.3 Å². The SMILES string of the molecule is CSc1ccc(C(=O)N2C[C@H]3C[C@@H](Nc4cnccn4)[C@H](O)C[C@H]3C2)cc1. The summed E-state index contributed by atoms with van der Waals surface area (Å²) >= 11 is 1.67. The summed E-state index contributed by atoms with van der Waals surface area (Å²) < 4.78 is 0. The number of fused-ring (bicyclic) bond motifs is 1. The van der Waals surface area contributed by atoms with E-state index in [1.807, 2.05) is 35.4 Å². The number of carbonyl (C=O) groups is 1. The number of benzene rings is 1. The summed E-state index contributed by atoms with van der Waals surface area (Å²) in [4.78, 5) is 24.3. The monoisotopic (exact) mass is 384 g/mol. The molecule has 2 aliphatic rings. The molecule has 1 aromatic heterocycles. The number of aliphatic hydroxyl groups excluding tert-OH is 1. The van der Waals surface area contributed by atoms with Gasteiger partial charge in [-0.15, -0.1) is 11.8 Å². The van der Waals surface area contributed by atoms with E-state index in [-0.39, 0.29) is 11.9 Å². The predicted molar refractivity (Wildman–Crippen MR) is 106 cm³/mol. The number of likely N-dealkylation sites (tertiary alicyclic amines) is 1. The summed E-state index contributed by atoms with van der Waals surface area (Å²) in [6.45, 7) is 1.47. The topological polar surface area (TPSA) is 78.4 Å². The van der Waals surface area contributed by atoms with E-state index in [0.717, 1.165) is 30.0 Å². The van der Waals surface area contributed by atoms with E-state index in [1.165, 1.54) is 0 Å². The van der Waals surface area contributed by atoms with Crippen molar-refractivity contribution in [2.75, 3.05) is 24.7 Å². The van der Waals surface area contributed by atoms with Crippen LogP contribution in [0.3, 0.4) is 0 Å². The number of nitrogens with one attached hydrogen (secondary N) is 1. The van der Waals surface area contributed by atoms with E-state index >= 15 is 0 Å². The van der Waals surface area contributed by atoms with Crippen LogP contribution < -0.4 is 5.32 Å². The van der Waals surface area contributed by atoms with Crippen LogP contribution in [-0.4, -0.2) is 57.4 Å². The van der Waals surface area contributed by atoms with Crippen molar-refractivity contribution in [3.05, 3.63) is 48.4 Å². The number of rotatable bonds is 4. The van der Waals surface area contributed by atoms with Gasteiger partial charge in [0.25, 0.3) is 5.91 Å². The summed E-state index contributed by atoms with van der Waals surface area (Å²) in [5.74, 6) is 1.52. The molecule has 0 radical (unpaired) electrons. The van der Waals surface area contributed by atoms with Gasteiger partial charge in [-0.1, -0.05) is 0 Å². The Labute approximate surface area is 163 Å². The van der Waals surface area contributed by atoms with Gasteiger partial charge in [0.1, 0.15) is 5.82 Å². The summed E-state index contributed by atoms with van der Waals surface area (Å²) in [7, 11) is 0. The van der Waals surface area contributed by atoms with Crippen molar-refractivity contribution in [2.24, 2.45) is 11.8 Å². The van der Waals surface area contributed by atoms with E-state index in [1.54, 1.807) is 30.4 Å². The molecular formula is C20H24N4O2S. The number of anilines is 1. The Morgan fingerprint density at radius 2 is 1.93 bits per heavy atom. The lowest BCUT2D eigenvalue weighted by atomic mass is 9.77. The summed E-state index contributed by atoms with van der Waals surface area (Å²) in [5, 5.41) is 13.9. The van der Waals surface area contributed by atoms with Gasteiger partial charge < -0.3 is 15.3 Å². The van der Waals surface area contributed by atoms with E-state index in [2.05, 4.69) is 15.3 Å². The maximum Gasteiger partial charge on any atom is 0.253 e. The molecule has 1 amide bonds. The van der Waals surface area contributed by atoms with Crippen molar-refractivity contribution in [1.82, 2.24) is 14.9 Å². The zero-order valence-corrected chi connectivity index (χ0v) is 16.1. The van der Waals surface area contributed by atoms with Gasteiger partial charge in [-0.3, -0.25) is 9.78 Å². The van der Waals surface area contributed by atoms with Crippen LogP contribution >= 0.6 is 11.8 Å². The minimum atomic E-state index is -0.441. The van der Waals surface area contributed by atoms with Crippen LogP contribution in [0.2, 0.25) is 0 Å². The molecule has 0 bridgehead atoms. The molecule has 142 valence electrons. The second kappa shape index (κ2) is 7.86. The largest absolute Gasteiger partial charge is 0.391 e. The maximum atomic E-state index is 12.9. The second-order valence-corrected chi connectivity index (χ2v) is 8.22. The molecular weight excluding hydrogens is 360 g/mol. The highest BCUT2D eigenvalue weighted by Gasteiger charge is 2.43. The molecule has 2 fully saturated rings. The van der Waals surface area contributed by atoms with Crippen LogP contribution in [-0.2, 0) is 0 Å². The minimum Gasteiger partial charge on any atom is -0.391 e. The molecule has 1 saturated heterocycles. The third-order valence-corrected chi connectivity index (χ3v) is 6.41. The van der Waals surface area contributed by atoms with Gasteiger partial charge in [0.15, 0.2) is 0 Å². The molecule has 7 heteroatoms. The average molecular weight is 385 g/mol. The van der Waals surface area contributed by atoms with E-state index < -0.39 is 6.10 Å². The lowest BCUT2D eigenvalue weighted by Crippen LogP contribution is -2.43. The van der Waals surface area contributed by atoms with Crippen LogP contribution in [0.5, 0.6) is 0 Å². The van der Waals surface area contributed by atoms with Gasteiger partial charge in [0, 0.05) is 35.9 Å². The highest BCUT2D eigenvalue weighted by atomic mass is 32.2. The van der Waals surface area contributed by atoms with Gasteiger partial charge in [0.2, 0.25) is 0 Å². The van der Waals surface area contributed by atoms with Crippen molar-refractivity contribution < 1.29 is 9.90 Å². The van der Waals surface area contributed by atoms with Crippen molar-refractivity contribution in [2.45, 2.75) is 29.9 Å². The highest BCUT2D eigenvalue weighted by molar-refractivity contribution is 7.98. The molecule has 0 spiro atoms. The third-order valence-electron chi connectivity index (χ3n) is 5.66. The van der Waals surface area contributed by atoms with E-state index in [4.69, 9.17) is 0 Å². The Morgan fingerprint density at radius 3 is 2.59 bits per heavy atom. The third kappa shape index (κ3) is 3.94. The molecule has 1 aliphatic carbocycles. The van der Waals surface area contributed by atoms with Crippen LogP contribution in [0, 0.1) is 11.8 Å². The number of hydrogen-bond donors (Lipinski definition) is 2. The predicted octanol–water partition coefficient (Wildman–Crippen LogP) is 2.52. The molecule has 27 heavy (non-hydrogen) atoms. The molecule has 2 N–H and O–H groups in total. The normalized spacial score (nSPS) is 27.3. The molecule has 1 saturated carbocycles. The fourth-order valence-corrected chi connectivity index (χ4v) is 4.64.